The van der Waals surface area contributed by atoms with Crippen LogP contribution in [0.1, 0.15) is 0 Å². The fourth-order valence-electron chi connectivity index (χ4n) is 4.30. The van der Waals surface area contributed by atoms with Gasteiger partial charge in [-0.1, -0.05) is 6.07 Å². The minimum Gasteiger partial charge on any atom is -0.378 e. The number of imidazole rings is 1. The van der Waals surface area contributed by atoms with E-state index in [9.17, 15) is 8.78 Å². The molecule has 5 aromatic rings. The van der Waals surface area contributed by atoms with Gasteiger partial charge in [0.05, 0.1) is 31.4 Å². The average molecular weight is 512 g/mol. The number of nitrogens with zero attached hydrogens (tertiary/aromatic N) is 6. The standard InChI is InChI=1S/C28H23F2N7O/c29-20-13-19(14-23(15-20)36-9-11-38-12-10-36)27-24(30)16-32-28(35-27)34-21-4-6-22(7-5-21)37-17-26(33-18-37)25-3-1-2-8-31-25/h1-8,13-18H,9-12H2,(H,32,34,35). The fourth-order valence-corrected chi connectivity index (χ4v) is 4.30. The third-order valence-electron chi connectivity index (χ3n) is 6.21. The van der Waals surface area contributed by atoms with Crippen molar-refractivity contribution < 1.29 is 13.5 Å². The summed E-state index contributed by atoms with van der Waals surface area (Å²) in [6.45, 7) is 2.41. The quantitative estimate of drug-likeness (QED) is 0.334. The fraction of sp³-hybridized carbons (Fsp3) is 0.143. The Kier molecular flexibility index (Phi) is 6.45. The second-order valence-corrected chi connectivity index (χ2v) is 8.74. The molecule has 0 atom stereocenters. The van der Waals surface area contributed by atoms with Gasteiger partial charge in [-0.15, -0.1) is 0 Å². The number of rotatable bonds is 6. The maximum atomic E-state index is 14.7. The van der Waals surface area contributed by atoms with Crippen molar-refractivity contribution in [2.75, 3.05) is 36.5 Å². The molecule has 0 spiro atoms. The van der Waals surface area contributed by atoms with Gasteiger partial charge in [-0.3, -0.25) is 4.98 Å². The molecule has 0 bridgehead atoms. The summed E-state index contributed by atoms with van der Waals surface area (Å²) in [5.41, 5.74) is 4.21. The molecule has 10 heteroatoms. The van der Waals surface area contributed by atoms with E-state index in [1.54, 1.807) is 18.6 Å². The maximum absolute atomic E-state index is 14.7. The lowest BCUT2D eigenvalue weighted by atomic mass is 10.1. The molecular formula is C28H23F2N7O. The van der Waals surface area contributed by atoms with Crippen molar-refractivity contribution in [3.63, 3.8) is 0 Å². The van der Waals surface area contributed by atoms with Gasteiger partial charge in [0.1, 0.15) is 17.2 Å². The van der Waals surface area contributed by atoms with Crippen LogP contribution in [0.15, 0.2) is 85.6 Å². The lowest BCUT2D eigenvalue weighted by Crippen LogP contribution is -2.36. The van der Waals surface area contributed by atoms with Crippen LogP contribution in [-0.2, 0) is 4.74 Å². The normalized spacial score (nSPS) is 13.5. The molecule has 1 aliphatic heterocycles. The second-order valence-electron chi connectivity index (χ2n) is 8.74. The Bertz CT molecular complexity index is 1550. The van der Waals surface area contributed by atoms with Crippen molar-refractivity contribution in [3.05, 3.63) is 97.2 Å². The Labute approximate surface area is 217 Å². The van der Waals surface area contributed by atoms with E-state index in [0.29, 0.717) is 43.2 Å². The van der Waals surface area contributed by atoms with Crippen LogP contribution in [0.3, 0.4) is 0 Å². The first-order valence-electron chi connectivity index (χ1n) is 12.1. The molecule has 0 saturated carbocycles. The Balaban J connectivity index is 1.21. The Hall–Kier alpha value is -4.70. The van der Waals surface area contributed by atoms with Gasteiger partial charge in [0.2, 0.25) is 5.95 Å². The first-order chi connectivity index (χ1) is 18.6. The summed E-state index contributed by atoms with van der Waals surface area (Å²) >= 11 is 0. The monoisotopic (exact) mass is 511 g/mol. The average Bonchev–Trinajstić information content (AvgIpc) is 3.46. The minimum absolute atomic E-state index is 0.0218. The summed E-state index contributed by atoms with van der Waals surface area (Å²) in [6, 6.07) is 17.7. The molecule has 190 valence electrons. The first-order valence-corrected chi connectivity index (χ1v) is 12.1. The molecule has 0 unspecified atom stereocenters. The van der Waals surface area contributed by atoms with Crippen LogP contribution in [-0.4, -0.2) is 50.8 Å². The van der Waals surface area contributed by atoms with Gasteiger partial charge in [0.15, 0.2) is 5.82 Å². The predicted octanol–water partition coefficient (Wildman–Crippen LogP) is 5.25. The highest BCUT2D eigenvalue weighted by Crippen LogP contribution is 2.29. The van der Waals surface area contributed by atoms with Crippen LogP contribution in [0, 0.1) is 11.6 Å². The molecule has 4 heterocycles. The van der Waals surface area contributed by atoms with Crippen molar-refractivity contribution in [2.24, 2.45) is 0 Å². The highest BCUT2D eigenvalue weighted by atomic mass is 19.1. The minimum atomic E-state index is -0.631. The molecule has 8 nitrogen and oxygen atoms in total. The highest BCUT2D eigenvalue weighted by molar-refractivity contribution is 5.68. The van der Waals surface area contributed by atoms with Crippen LogP contribution in [0.5, 0.6) is 0 Å². The molecule has 0 radical (unpaired) electrons. The zero-order valence-corrected chi connectivity index (χ0v) is 20.3. The SMILES string of the molecule is Fc1cc(-c2nc(Nc3ccc(-n4cnc(-c5ccccn5)c4)cc3)ncc2F)cc(N2CCOCC2)c1. The molecule has 1 N–H and O–H groups in total. The number of anilines is 3. The predicted molar refractivity (Wildman–Crippen MR) is 140 cm³/mol. The van der Waals surface area contributed by atoms with Crippen molar-refractivity contribution in [1.29, 1.82) is 0 Å². The number of morpholine rings is 1. The van der Waals surface area contributed by atoms with Crippen LogP contribution in [0.2, 0.25) is 0 Å². The highest BCUT2D eigenvalue weighted by Gasteiger charge is 2.17. The summed E-state index contributed by atoms with van der Waals surface area (Å²) < 4.78 is 36.5. The lowest BCUT2D eigenvalue weighted by Gasteiger charge is -2.29. The molecule has 0 amide bonds. The summed E-state index contributed by atoms with van der Waals surface area (Å²) in [4.78, 5) is 19.2. The van der Waals surface area contributed by atoms with Gasteiger partial charge in [-0.05, 0) is 54.6 Å². The number of pyridine rings is 1. The van der Waals surface area contributed by atoms with E-state index >= 15 is 0 Å². The largest absolute Gasteiger partial charge is 0.378 e. The van der Waals surface area contributed by atoms with E-state index in [4.69, 9.17) is 4.74 Å². The number of aromatic nitrogens is 5. The maximum Gasteiger partial charge on any atom is 0.227 e. The van der Waals surface area contributed by atoms with Crippen LogP contribution in [0.4, 0.5) is 26.1 Å². The molecule has 6 rings (SSSR count). The molecule has 1 saturated heterocycles. The van der Waals surface area contributed by atoms with E-state index in [-0.39, 0.29) is 11.6 Å². The van der Waals surface area contributed by atoms with E-state index in [0.717, 1.165) is 23.3 Å². The number of hydrogen-bond donors (Lipinski definition) is 1. The number of ether oxygens (including phenoxy) is 1. The second kappa shape index (κ2) is 10.3. The summed E-state index contributed by atoms with van der Waals surface area (Å²) in [5.74, 6) is -0.891. The van der Waals surface area contributed by atoms with Crippen LogP contribution < -0.4 is 10.2 Å². The van der Waals surface area contributed by atoms with E-state index < -0.39 is 11.6 Å². The molecule has 3 aromatic heterocycles. The van der Waals surface area contributed by atoms with Crippen molar-refractivity contribution in [1.82, 2.24) is 24.5 Å². The summed E-state index contributed by atoms with van der Waals surface area (Å²) in [5, 5.41) is 3.10. The third kappa shape index (κ3) is 5.07. The molecule has 1 aliphatic rings. The zero-order valence-electron chi connectivity index (χ0n) is 20.3. The first kappa shape index (κ1) is 23.7. The third-order valence-corrected chi connectivity index (χ3v) is 6.21. The van der Waals surface area contributed by atoms with Crippen molar-refractivity contribution >= 4 is 17.3 Å². The van der Waals surface area contributed by atoms with Gasteiger partial charge in [0, 0.05) is 48.1 Å². The Morgan fingerprint density at radius 2 is 1.68 bits per heavy atom. The summed E-state index contributed by atoms with van der Waals surface area (Å²) in [6.07, 6.45) is 6.45. The summed E-state index contributed by atoms with van der Waals surface area (Å²) in [7, 11) is 0. The van der Waals surface area contributed by atoms with E-state index in [2.05, 4.69) is 25.3 Å². The zero-order chi connectivity index (χ0) is 25.9. The van der Waals surface area contributed by atoms with Gasteiger partial charge in [-0.25, -0.2) is 23.7 Å². The van der Waals surface area contributed by atoms with Gasteiger partial charge >= 0.3 is 0 Å². The Morgan fingerprint density at radius 1 is 0.842 bits per heavy atom. The van der Waals surface area contributed by atoms with Crippen LogP contribution in [0.25, 0.3) is 28.3 Å². The lowest BCUT2D eigenvalue weighted by molar-refractivity contribution is 0.122. The molecule has 38 heavy (non-hydrogen) atoms. The van der Waals surface area contributed by atoms with Crippen molar-refractivity contribution in [2.45, 2.75) is 0 Å². The number of nitrogens with one attached hydrogen (secondary N) is 1. The van der Waals surface area contributed by atoms with Gasteiger partial charge in [0.25, 0.3) is 0 Å². The molecule has 1 fully saturated rings. The van der Waals surface area contributed by atoms with Gasteiger partial charge in [-0.2, -0.15) is 0 Å². The van der Waals surface area contributed by atoms with E-state index in [1.165, 1.54) is 12.1 Å². The van der Waals surface area contributed by atoms with E-state index in [1.807, 2.05) is 58.1 Å². The number of benzene rings is 2. The van der Waals surface area contributed by atoms with Crippen molar-refractivity contribution in [3.8, 4) is 28.3 Å². The molecule has 0 aliphatic carbocycles. The number of halogens is 2. The topological polar surface area (TPSA) is 81.0 Å². The number of hydrogen-bond acceptors (Lipinski definition) is 7. The van der Waals surface area contributed by atoms with Gasteiger partial charge < -0.3 is 19.5 Å². The molecule has 2 aromatic carbocycles. The molecular weight excluding hydrogens is 488 g/mol. The Morgan fingerprint density at radius 3 is 2.47 bits per heavy atom. The van der Waals surface area contributed by atoms with Crippen LogP contribution >= 0.6 is 0 Å². The smallest absolute Gasteiger partial charge is 0.227 e.